The highest BCUT2D eigenvalue weighted by Crippen LogP contribution is 2.41. The molecule has 0 aromatic heterocycles. The van der Waals surface area contributed by atoms with Crippen LogP contribution in [0.25, 0.3) is 0 Å². The molecule has 0 aromatic carbocycles. The number of ether oxygens (including phenoxy) is 1. The van der Waals surface area contributed by atoms with E-state index in [2.05, 4.69) is 4.74 Å². The molecule has 0 aromatic rings. The van der Waals surface area contributed by atoms with E-state index in [1.165, 1.54) is 6.92 Å². The van der Waals surface area contributed by atoms with Gasteiger partial charge in [0, 0.05) is 6.92 Å². The summed E-state index contributed by atoms with van der Waals surface area (Å²) in [5.74, 6) is -5.10. The summed E-state index contributed by atoms with van der Waals surface area (Å²) < 4.78 is 44.2. The molecule has 1 N–H and O–H groups in total. The van der Waals surface area contributed by atoms with E-state index in [-0.39, 0.29) is 11.5 Å². The van der Waals surface area contributed by atoms with E-state index in [4.69, 9.17) is 5.11 Å². The predicted octanol–water partition coefficient (Wildman–Crippen LogP) is 2.03. The molecule has 0 spiro atoms. The lowest BCUT2D eigenvalue weighted by molar-refractivity contribution is -0.236. The van der Waals surface area contributed by atoms with Crippen LogP contribution in [-0.4, -0.2) is 46.3 Å². The molecule has 0 fully saturated rings. The summed E-state index contributed by atoms with van der Waals surface area (Å²) in [5, 5.41) is 8.83. The lowest BCUT2D eigenvalue weighted by Crippen LogP contribution is -2.65. The maximum Gasteiger partial charge on any atom is 0.417 e. The first-order valence-electron chi connectivity index (χ1n) is 5.68. The van der Waals surface area contributed by atoms with Gasteiger partial charge >= 0.3 is 18.2 Å². The molecule has 0 bridgehead atoms. The largest absolute Gasteiger partial charge is 0.481 e. The van der Waals surface area contributed by atoms with Gasteiger partial charge in [-0.05, 0) is 20.8 Å². The molecule has 0 radical (unpaired) electrons. The quantitative estimate of drug-likeness (QED) is 0.858. The summed E-state index contributed by atoms with van der Waals surface area (Å²) in [7, 11) is 0. The van der Waals surface area contributed by atoms with Crippen LogP contribution < -0.4 is 0 Å². The summed E-state index contributed by atoms with van der Waals surface area (Å²) in [6.45, 7) is 3.07. The van der Waals surface area contributed by atoms with Crippen LogP contribution >= 0.6 is 0 Å². The number of hydrogen-bond acceptors (Lipinski definition) is 4. The maximum atomic E-state index is 13.3. The SMILES string of the molecule is CCOC(=O)N(C(C)=O)C(C)(C(C)C(=O)O)C(F)(F)F. The Labute approximate surface area is 113 Å². The van der Waals surface area contributed by atoms with Crippen LogP contribution in [0.4, 0.5) is 18.0 Å². The third kappa shape index (κ3) is 3.20. The van der Waals surface area contributed by atoms with E-state index in [0.29, 0.717) is 6.92 Å². The molecule has 0 rings (SSSR count). The number of rotatable bonds is 4. The fraction of sp³-hybridized carbons (Fsp3) is 0.727. The number of carbonyl (C=O) groups is 3. The molecule has 0 saturated heterocycles. The summed E-state index contributed by atoms with van der Waals surface area (Å²) >= 11 is 0. The van der Waals surface area contributed by atoms with Crippen molar-refractivity contribution in [2.45, 2.75) is 39.4 Å². The van der Waals surface area contributed by atoms with Gasteiger partial charge in [-0.25, -0.2) is 9.69 Å². The first kappa shape index (κ1) is 18.2. The standard InChI is InChI=1S/C11H16F3NO5/c1-5-20-9(19)15(7(3)16)10(4,11(12,13)14)6(2)8(17)18/h6H,5H2,1-4H3,(H,17,18). The van der Waals surface area contributed by atoms with Crippen LogP contribution in [0.1, 0.15) is 27.7 Å². The number of imide groups is 1. The van der Waals surface area contributed by atoms with Gasteiger partial charge in [-0.2, -0.15) is 13.2 Å². The fourth-order valence-electron chi connectivity index (χ4n) is 1.64. The number of halogens is 3. The zero-order valence-corrected chi connectivity index (χ0v) is 11.4. The number of carboxylic acid groups (broad SMARTS) is 1. The third-order valence-corrected chi connectivity index (χ3v) is 3.02. The molecule has 2 amide bonds. The first-order chi connectivity index (χ1) is 8.91. The number of nitrogens with zero attached hydrogens (tertiary/aromatic N) is 1. The zero-order chi connectivity index (χ0) is 16.3. The summed E-state index contributed by atoms with van der Waals surface area (Å²) in [5.41, 5.74) is -3.21. The number of hydrogen-bond donors (Lipinski definition) is 1. The number of aliphatic carboxylic acids is 1. The summed E-state index contributed by atoms with van der Waals surface area (Å²) in [4.78, 5) is 33.7. The molecule has 0 aliphatic heterocycles. The van der Waals surface area contributed by atoms with Crippen LogP contribution in [0, 0.1) is 5.92 Å². The molecule has 9 heteroatoms. The van der Waals surface area contributed by atoms with Crippen LogP contribution in [0.15, 0.2) is 0 Å². The van der Waals surface area contributed by atoms with Crippen molar-refractivity contribution in [2.24, 2.45) is 5.92 Å². The van der Waals surface area contributed by atoms with Gasteiger partial charge in [-0.1, -0.05) is 0 Å². The molecule has 0 heterocycles. The Morgan fingerprint density at radius 3 is 2.00 bits per heavy atom. The van der Waals surface area contributed by atoms with Gasteiger partial charge in [0.05, 0.1) is 12.5 Å². The van der Waals surface area contributed by atoms with E-state index in [1.807, 2.05) is 0 Å². The summed E-state index contributed by atoms with van der Waals surface area (Å²) in [6, 6.07) is 0. The Balaban J connectivity index is 6.00. The van der Waals surface area contributed by atoms with Crippen LogP contribution in [0.3, 0.4) is 0 Å². The highest BCUT2D eigenvalue weighted by atomic mass is 19.4. The molecule has 0 saturated carbocycles. The molecule has 2 atom stereocenters. The smallest absolute Gasteiger partial charge is 0.417 e. The Morgan fingerprint density at radius 1 is 1.30 bits per heavy atom. The molecule has 0 aliphatic rings. The van der Waals surface area contributed by atoms with Crippen LogP contribution in [-0.2, 0) is 14.3 Å². The Morgan fingerprint density at radius 2 is 1.75 bits per heavy atom. The summed E-state index contributed by atoms with van der Waals surface area (Å²) in [6.07, 6.45) is -6.67. The molecule has 6 nitrogen and oxygen atoms in total. The second-order valence-electron chi connectivity index (χ2n) is 4.26. The van der Waals surface area contributed by atoms with E-state index >= 15 is 0 Å². The van der Waals surface area contributed by atoms with Crippen LogP contribution in [0.2, 0.25) is 0 Å². The average molecular weight is 299 g/mol. The zero-order valence-electron chi connectivity index (χ0n) is 11.4. The Hall–Kier alpha value is -1.80. The van der Waals surface area contributed by atoms with Crippen molar-refractivity contribution in [1.82, 2.24) is 4.90 Å². The molecular weight excluding hydrogens is 283 g/mol. The van der Waals surface area contributed by atoms with Crippen molar-refractivity contribution >= 4 is 18.0 Å². The minimum absolute atomic E-state index is 0.199. The topological polar surface area (TPSA) is 83.9 Å². The van der Waals surface area contributed by atoms with Crippen molar-refractivity contribution in [2.75, 3.05) is 6.61 Å². The fourth-order valence-corrected chi connectivity index (χ4v) is 1.64. The van der Waals surface area contributed by atoms with Gasteiger partial charge in [-0.3, -0.25) is 9.59 Å². The van der Waals surface area contributed by atoms with Gasteiger partial charge < -0.3 is 9.84 Å². The Kier molecular flexibility index (Phi) is 5.55. The van der Waals surface area contributed by atoms with Crippen molar-refractivity contribution in [1.29, 1.82) is 0 Å². The van der Waals surface area contributed by atoms with Crippen molar-refractivity contribution < 1.29 is 37.4 Å². The van der Waals surface area contributed by atoms with E-state index in [0.717, 1.165) is 13.8 Å². The molecular formula is C11H16F3NO5. The molecule has 20 heavy (non-hydrogen) atoms. The minimum atomic E-state index is -5.14. The number of amides is 2. The highest BCUT2D eigenvalue weighted by Gasteiger charge is 2.63. The van der Waals surface area contributed by atoms with Gasteiger partial charge in [0.15, 0.2) is 5.54 Å². The maximum absolute atomic E-state index is 13.3. The lowest BCUT2D eigenvalue weighted by atomic mass is 9.84. The number of carbonyl (C=O) groups excluding carboxylic acids is 2. The van der Waals surface area contributed by atoms with Crippen molar-refractivity contribution in [3.05, 3.63) is 0 Å². The minimum Gasteiger partial charge on any atom is -0.481 e. The van der Waals surface area contributed by atoms with Crippen molar-refractivity contribution in [3.8, 4) is 0 Å². The van der Waals surface area contributed by atoms with Crippen molar-refractivity contribution in [3.63, 3.8) is 0 Å². The normalized spacial score (nSPS) is 15.9. The Bertz CT molecular complexity index is 409. The average Bonchev–Trinajstić information content (AvgIpc) is 2.25. The van der Waals surface area contributed by atoms with Gasteiger partial charge in [0.2, 0.25) is 5.91 Å². The van der Waals surface area contributed by atoms with Gasteiger partial charge in [0.1, 0.15) is 0 Å². The molecule has 116 valence electrons. The van der Waals surface area contributed by atoms with E-state index in [1.54, 1.807) is 0 Å². The van der Waals surface area contributed by atoms with Gasteiger partial charge in [-0.15, -0.1) is 0 Å². The van der Waals surface area contributed by atoms with Gasteiger partial charge in [0.25, 0.3) is 0 Å². The molecule has 2 unspecified atom stereocenters. The monoisotopic (exact) mass is 299 g/mol. The second-order valence-corrected chi connectivity index (χ2v) is 4.26. The molecule has 0 aliphatic carbocycles. The number of carboxylic acids is 1. The lowest BCUT2D eigenvalue weighted by Gasteiger charge is -2.42. The second kappa shape index (κ2) is 6.10. The van der Waals surface area contributed by atoms with E-state index < -0.39 is 35.6 Å². The first-order valence-corrected chi connectivity index (χ1v) is 5.68. The predicted molar refractivity (Wildman–Crippen MR) is 60.8 cm³/mol. The number of alkyl halides is 3. The van der Waals surface area contributed by atoms with Crippen LogP contribution in [0.5, 0.6) is 0 Å². The third-order valence-electron chi connectivity index (χ3n) is 3.02. The highest BCUT2D eigenvalue weighted by molar-refractivity contribution is 5.92. The van der Waals surface area contributed by atoms with E-state index in [9.17, 15) is 27.6 Å².